The SMILES string of the molecule is OCCc1ccc(OCc2ccccc2)cc1-c1ccccc1. The summed E-state index contributed by atoms with van der Waals surface area (Å²) in [6, 6.07) is 26.4. The maximum absolute atomic E-state index is 9.28. The van der Waals surface area contributed by atoms with Gasteiger partial charge in [0.15, 0.2) is 0 Å². The van der Waals surface area contributed by atoms with E-state index in [-0.39, 0.29) is 6.61 Å². The summed E-state index contributed by atoms with van der Waals surface area (Å²) in [5, 5.41) is 9.28. The molecule has 0 spiro atoms. The third kappa shape index (κ3) is 3.99. The molecule has 1 N–H and O–H groups in total. The Morgan fingerprint density at radius 1 is 0.783 bits per heavy atom. The smallest absolute Gasteiger partial charge is 0.120 e. The molecule has 23 heavy (non-hydrogen) atoms. The standard InChI is InChI=1S/C21H20O2/c22-14-13-19-11-12-20(23-16-17-7-3-1-4-8-17)15-21(19)18-9-5-2-6-10-18/h1-12,15,22H,13-14,16H2. The second-order valence-corrected chi connectivity index (χ2v) is 5.43. The molecule has 0 amide bonds. The van der Waals surface area contributed by atoms with Crippen molar-refractivity contribution < 1.29 is 9.84 Å². The van der Waals surface area contributed by atoms with E-state index in [1.54, 1.807) is 0 Å². The molecule has 0 atom stereocenters. The molecule has 0 unspecified atom stereocenters. The quantitative estimate of drug-likeness (QED) is 0.728. The lowest BCUT2D eigenvalue weighted by molar-refractivity contribution is 0.298. The van der Waals surface area contributed by atoms with Crippen molar-refractivity contribution in [3.05, 3.63) is 90.0 Å². The molecule has 3 aromatic carbocycles. The molecule has 0 aromatic heterocycles. The van der Waals surface area contributed by atoms with Gasteiger partial charge in [0.1, 0.15) is 12.4 Å². The van der Waals surface area contributed by atoms with E-state index in [0.717, 1.165) is 28.0 Å². The van der Waals surface area contributed by atoms with Crippen LogP contribution in [-0.4, -0.2) is 11.7 Å². The summed E-state index contributed by atoms with van der Waals surface area (Å²) in [4.78, 5) is 0. The summed E-state index contributed by atoms with van der Waals surface area (Å²) in [5.74, 6) is 0.842. The largest absolute Gasteiger partial charge is 0.489 e. The van der Waals surface area contributed by atoms with Gasteiger partial charge in [-0.25, -0.2) is 0 Å². The van der Waals surface area contributed by atoms with E-state index in [4.69, 9.17) is 4.74 Å². The number of aliphatic hydroxyl groups is 1. The molecule has 0 fully saturated rings. The van der Waals surface area contributed by atoms with Crippen molar-refractivity contribution in [3.63, 3.8) is 0 Å². The lowest BCUT2D eigenvalue weighted by Gasteiger charge is -2.13. The highest BCUT2D eigenvalue weighted by Crippen LogP contribution is 2.28. The summed E-state index contributed by atoms with van der Waals surface area (Å²) in [5.41, 5.74) is 4.53. The molecule has 0 saturated carbocycles. The highest BCUT2D eigenvalue weighted by molar-refractivity contribution is 5.69. The summed E-state index contributed by atoms with van der Waals surface area (Å²) >= 11 is 0. The van der Waals surface area contributed by atoms with E-state index in [0.29, 0.717) is 13.0 Å². The van der Waals surface area contributed by atoms with Crippen LogP contribution in [0.3, 0.4) is 0 Å². The fourth-order valence-corrected chi connectivity index (χ4v) is 2.61. The van der Waals surface area contributed by atoms with Crippen LogP contribution >= 0.6 is 0 Å². The van der Waals surface area contributed by atoms with E-state index < -0.39 is 0 Å². The number of hydrogen-bond acceptors (Lipinski definition) is 2. The van der Waals surface area contributed by atoms with Gasteiger partial charge in [-0.3, -0.25) is 0 Å². The van der Waals surface area contributed by atoms with Gasteiger partial charge in [0.2, 0.25) is 0 Å². The third-order valence-electron chi connectivity index (χ3n) is 3.80. The molecule has 0 radical (unpaired) electrons. The Morgan fingerprint density at radius 3 is 2.17 bits per heavy atom. The molecule has 2 heteroatoms. The Balaban J connectivity index is 1.85. The van der Waals surface area contributed by atoms with Crippen molar-refractivity contribution in [1.29, 1.82) is 0 Å². The van der Waals surface area contributed by atoms with Crippen LogP contribution in [0.5, 0.6) is 5.75 Å². The molecular formula is C21H20O2. The minimum Gasteiger partial charge on any atom is -0.489 e. The van der Waals surface area contributed by atoms with E-state index >= 15 is 0 Å². The van der Waals surface area contributed by atoms with Crippen LogP contribution in [0, 0.1) is 0 Å². The number of aliphatic hydroxyl groups excluding tert-OH is 1. The first-order valence-electron chi connectivity index (χ1n) is 7.83. The van der Waals surface area contributed by atoms with Crippen molar-refractivity contribution >= 4 is 0 Å². The monoisotopic (exact) mass is 304 g/mol. The van der Waals surface area contributed by atoms with Crippen LogP contribution in [-0.2, 0) is 13.0 Å². The normalized spacial score (nSPS) is 10.5. The zero-order valence-electron chi connectivity index (χ0n) is 13.0. The fraction of sp³-hybridized carbons (Fsp3) is 0.143. The number of ether oxygens (including phenoxy) is 1. The van der Waals surface area contributed by atoms with Crippen molar-refractivity contribution in [3.8, 4) is 16.9 Å². The van der Waals surface area contributed by atoms with Crippen LogP contribution in [0.1, 0.15) is 11.1 Å². The number of hydrogen-bond donors (Lipinski definition) is 1. The van der Waals surface area contributed by atoms with Crippen LogP contribution in [0.15, 0.2) is 78.9 Å². The molecule has 2 nitrogen and oxygen atoms in total. The first-order valence-corrected chi connectivity index (χ1v) is 7.83. The second kappa shape index (κ2) is 7.61. The lowest BCUT2D eigenvalue weighted by Crippen LogP contribution is -1.98. The highest BCUT2D eigenvalue weighted by Gasteiger charge is 2.07. The predicted molar refractivity (Wildman–Crippen MR) is 93.4 cm³/mol. The van der Waals surface area contributed by atoms with Crippen LogP contribution < -0.4 is 4.74 Å². The average molecular weight is 304 g/mol. The lowest BCUT2D eigenvalue weighted by atomic mass is 9.97. The highest BCUT2D eigenvalue weighted by atomic mass is 16.5. The fourth-order valence-electron chi connectivity index (χ4n) is 2.61. The topological polar surface area (TPSA) is 29.5 Å². The van der Waals surface area contributed by atoms with Crippen molar-refractivity contribution in [2.45, 2.75) is 13.0 Å². The van der Waals surface area contributed by atoms with Gasteiger partial charge < -0.3 is 9.84 Å². The van der Waals surface area contributed by atoms with Gasteiger partial charge in [-0.05, 0) is 40.8 Å². The summed E-state index contributed by atoms with van der Waals surface area (Å²) in [6.07, 6.45) is 0.642. The Hall–Kier alpha value is -2.58. The van der Waals surface area contributed by atoms with Gasteiger partial charge in [-0.1, -0.05) is 66.7 Å². The molecule has 0 bridgehead atoms. The minimum atomic E-state index is 0.143. The molecule has 3 aromatic rings. The molecule has 0 aliphatic carbocycles. The molecule has 0 saturated heterocycles. The van der Waals surface area contributed by atoms with E-state index in [9.17, 15) is 5.11 Å². The van der Waals surface area contributed by atoms with E-state index in [2.05, 4.69) is 30.3 Å². The summed E-state index contributed by atoms with van der Waals surface area (Å²) < 4.78 is 5.92. The van der Waals surface area contributed by atoms with E-state index in [1.165, 1.54) is 0 Å². The second-order valence-electron chi connectivity index (χ2n) is 5.43. The molecule has 0 aliphatic rings. The Bertz CT molecular complexity index is 736. The Labute approximate surface area is 137 Å². The molecule has 3 rings (SSSR count). The van der Waals surface area contributed by atoms with Crippen molar-refractivity contribution in [2.75, 3.05) is 6.61 Å². The molecular weight excluding hydrogens is 284 g/mol. The Kier molecular flexibility index (Phi) is 5.07. The zero-order valence-corrected chi connectivity index (χ0v) is 13.0. The third-order valence-corrected chi connectivity index (χ3v) is 3.80. The number of rotatable bonds is 6. The first-order chi connectivity index (χ1) is 11.4. The summed E-state index contributed by atoms with van der Waals surface area (Å²) in [6.45, 7) is 0.693. The maximum Gasteiger partial charge on any atom is 0.120 e. The van der Waals surface area contributed by atoms with Crippen LogP contribution in [0.2, 0.25) is 0 Å². The van der Waals surface area contributed by atoms with Crippen LogP contribution in [0.25, 0.3) is 11.1 Å². The van der Waals surface area contributed by atoms with Gasteiger partial charge in [-0.2, -0.15) is 0 Å². The average Bonchev–Trinajstić information content (AvgIpc) is 2.63. The molecule has 116 valence electrons. The Morgan fingerprint density at radius 2 is 1.48 bits per heavy atom. The predicted octanol–water partition coefficient (Wildman–Crippen LogP) is 4.47. The number of benzene rings is 3. The maximum atomic E-state index is 9.28. The summed E-state index contributed by atoms with van der Waals surface area (Å²) in [7, 11) is 0. The van der Waals surface area contributed by atoms with Crippen LogP contribution in [0.4, 0.5) is 0 Å². The van der Waals surface area contributed by atoms with Gasteiger partial charge in [-0.15, -0.1) is 0 Å². The van der Waals surface area contributed by atoms with Gasteiger partial charge >= 0.3 is 0 Å². The van der Waals surface area contributed by atoms with Crippen molar-refractivity contribution in [1.82, 2.24) is 0 Å². The minimum absolute atomic E-state index is 0.143. The first kappa shape index (κ1) is 15.3. The van der Waals surface area contributed by atoms with Gasteiger partial charge in [0.05, 0.1) is 0 Å². The molecule has 0 aliphatic heterocycles. The van der Waals surface area contributed by atoms with Gasteiger partial charge in [0.25, 0.3) is 0 Å². The zero-order chi connectivity index (χ0) is 15.9. The van der Waals surface area contributed by atoms with Crippen molar-refractivity contribution in [2.24, 2.45) is 0 Å². The van der Waals surface area contributed by atoms with E-state index in [1.807, 2.05) is 48.5 Å². The molecule has 0 heterocycles. The van der Waals surface area contributed by atoms with Gasteiger partial charge in [0, 0.05) is 6.61 Å².